The summed E-state index contributed by atoms with van der Waals surface area (Å²) in [5.74, 6) is -0.493. The molecule has 0 saturated carbocycles. The molecule has 1 aliphatic rings. The summed E-state index contributed by atoms with van der Waals surface area (Å²) in [6.45, 7) is 1.87. The molecule has 4 nitrogen and oxygen atoms in total. The van der Waals surface area contributed by atoms with Gasteiger partial charge in [-0.25, -0.2) is 0 Å². The largest absolute Gasteiger partial charge is 0.354 e. The summed E-state index contributed by atoms with van der Waals surface area (Å²) in [5, 5.41) is 2.30. The summed E-state index contributed by atoms with van der Waals surface area (Å²) in [6, 6.07) is 0. The minimum absolute atomic E-state index is 0.219. The molecule has 0 aliphatic carbocycles. The van der Waals surface area contributed by atoms with Gasteiger partial charge < -0.3 is 4.57 Å². The predicted octanol–water partition coefficient (Wildman–Crippen LogP) is 0.146. The van der Waals surface area contributed by atoms with E-state index in [-0.39, 0.29) is 11.8 Å². The number of nitrogens with one attached hydrogen (secondary N) is 1. The summed E-state index contributed by atoms with van der Waals surface area (Å²) in [4.78, 5) is 22.4. The SMILES string of the molecule is Cc1c2c(cn1C)CC(=O)NC2=O. The third kappa shape index (κ3) is 1.06. The Morgan fingerprint density at radius 2 is 2.15 bits per heavy atom. The first-order chi connectivity index (χ1) is 6.09. The fourth-order valence-corrected chi connectivity index (χ4v) is 1.65. The van der Waals surface area contributed by atoms with Gasteiger partial charge in [-0.05, 0) is 12.5 Å². The zero-order valence-electron chi connectivity index (χ0n) is 7.55. The molecule has 0 aromatic carbocycles. The van der Waals surface area contributed by atoms with Gasteiger partial charge in [0.25, 0.3) is 5.91 Å². The average Bonchev–Trinajstić information content (AvgIpc) is 2.27. The minimum Gasteiger partial charge on any atom is -0.354 e. The van der Waals surface area contributed by atoms with Crippen molar-refractivity contribution < 1.29 is 9.59 Å². The van der Waals surface area contributed by atoms with Gasteiger partial charge in [0, 0.05) is 18.9 Å². The molecule has 68 valence electrons. The van der Waals surface area contributed by atoms with Crippen LogP contribution in [-0.4, -0.2) is 16.4 Å². The maximum absolute atomic E-state index is 11.4. The summed E-state index contributed by atoms with van der Waals surface area (Å²) in [5.41, 5.74) is 2.39. The Labute approximate surface area is 75.5 Å². The molecule has 0 spiro atoms. The Balaban J connectivity index is 2.62. The molecule has 2 heterocycles. The fourth-order valence-electron chi connectivity index (χ4n) is 1.65. The van der Waals surface area contributed by atoms with E-state index >= 15 is 0 Å². The van der Waals surface area contributed by atoms with Crippen molar-refractivity contribution in [3.63, 3.8) is 0 Å². The standard InChI is InChI=1S/C9H10N2O2/c1-5-8-6(4-11(5)2)3-7(12)10-9(8)13/h4H,3H2,1-2H3,(H,10,12,13). The lowest BCUT2D eigenvalue weighted by molar-refractivity contribution is -0.119. The van der Waals surface area contributed by atoms with Crippen molar-refractivity contribution in [3.05, 3.63) is 23.0 Å². The van der Waals surface area contributed by atoms with Crippen molar-refractivity contribution in [3.8, 4) is 0 Å². The topological polar surface area (TPSA) is 51.1 Å². The zero-order chi connectivity index (χ0) is 9.59. The smallest absolute Gasteiger partial charge is 0.259 e. The molecule has 2 rings (SSSR count). The quantitative estimate of drug-likeness (QED) is 0.575. The van der Waals surface area contributed by atoms with Crippen LogP contribution in [0.2, 0.25) is 0 Å². The molecule has 1 aromatic rings. The van der Waals surface area contributed by atoms with E-state index in [1.807, 2.05) is 24.7 Å². The molecule has 4 heteroatoms. The van der Waals surface area contributed by atoms with Gasteiger partial charge in [0.2, 0.25) is 5.91 Å². The number of amides is 2. The third-order valence-corrected chi connectivity index (χ3v) is 2.39. The van der Waals surface area contributed by atoms with Crippen LogP contribution < -0.4 is 5.32 Å². The highest BCUT2D eigenvalue weighted by Gasteiger charge is 2.25. The highest BCUT2D eigenvalue weighted by Crippen LogP contribution is 2.19. The van der Waals surface area contributed by atoms with Crippen molar-refractivity contribution in [1.82, 2.24) is 9.88 Å². The fraction of sp³-hybridized carbons (Fsp3) is 0.333. The predicted molar refractivity (Wildman–Crippen MR) is 46.3 cm³/mol. The lowest BCUT2D eigenvalue weighted by Gasteiger charge is -2.11. The lowest BCUT2D eigenvalue weighted by Crippen LogP contribution is -2.36. The first-order valence-electron chi connectivity index (χ1n) is 4.08. The van der Waals surface area contributed by atoms with Gasteiger partial charge in [-0.15, -0.1) is 0 Å². The molecule has 0 saturated heterocycles. The number of aryl methyl sites for hydroxylation is 1. The highest BCUT2D eigenvalue weighted by atomic mass is 16.2. The number of aromatic nitrogens is 1. The number of rotatable bonds is 0. The van der Waals surface area contributed by atoms with Gasteiger partial charge in [-0.2, -0.15) is 0 Å². The van der Waals surface area contributed by atoms with E-state index in [4.69, 9.17) is 0 Å². The number of carbonyl (C=O) groups is 2. The van der Waals surface area contributed by atoms with Crippen LogP contribution in [0.15, 0.2) is 6.20 Å². The van der Waals surface area contributed by atoms with Gasteiger partial charge in [0.15, 0.2) is 0 Å². The van der Waals surface area contributed by atoms with Crippen molar-refractivity contribution in [2.24, 2.45) is 7.05 Å². The molecule has 0 unspecified atom stereocenters. The minimum atomic E-state index is -0.274. The molecule has 0 radical (unpaired) electrons. The molecule has 1 aliphatic heterocycles. The second-order valence-corrected chi connectivity index (χ2v) is 3.28. The van der Waals surface area contributed by atoms with E-state index in [0.717, 1.165) is 11.3 Å². The molecular weight excluding hydrogens is 168 g/mol. The van der Waals surface area contributed by atoms with Gasteiger partial charge >= 0.3 is 0 Å². The van der Waals surface area contributed by atoms with Gasteiger partial charge in [0.05, 0.1) is 12.0 Å². The Morgan fingerprint density at radius 1 is 1.46 bits per heavy atom. The van der Waals surface area contributed by atoms with Gasteiger partial charge in [0.1, 0.15) is 0 Å². The molecule has 0 fully saturated rings. The molecule has 2 amide bonds. The molecular formula is C9H10N2O2. The maximum Gasteiger partial charge on any atom is 0.259 e. The summed E-state index contributed by atoms with van der Waals surface area (Å²) < 4.78 is 1.86. The van der Waals surface area contributed by atoms with Crippen molar-refractivity contribution >= 4 is 11.8 Å². The Kier molecular flexibility index (Phi) is 1.52. The van der Waals surface area contributed by atoms with E-state index in [1.54, 1.807) is 0 Å². The molecule has 0 bridgehead atoms. The summed E-state index contributed by atoms with van der Waals surface area (Å²) in [6.07, 6.45) is 2.14. The number of hydrogen-bond donors (Lipinski definition) is 1. The second-order valence-electron chi connectivity index (χ2n) is 3.28. The summed E-state index contributed by atoms with van der Waals surface area (Å²) in [7, 11) is 1.87. The molecule has 1 aromatic heterocycles. The van der Waals surface area contributed by atoms with Crippen LogP contribution in [0.3, 0.4) is 0 Å². The molecule has 0 atom stereocenters. The monoisotopic (exact) mass is 178 g/mol. The normalized spacial score (nSPS) is 15.5. The van der Waals surface area contributed by atoms with Crippen LogP contribution in [0.25, 0.3) is 0 Å². The number of imide groups is 1. The van der Waals surface area contributed by atoms with Crippen LogP contribution in [0.1, 0.15) is 21.6 Å². The number of carbonyl (C=O) groups excluding carboxylic acids is 2. The Bertz CT molecular complexity index is 404. The summed E-state index contributed by atoms with van der Waals surface area (Å²) >= 11 is 0. The van der Waals surface area contributed by atoms with Crippen molar-refractivity contribution in [2.75, 3.05) is 0 Å². The first-order valence-corrected chi connectivity index (χ1v) is 4.08. The average molecular weight is 178 g/mol. The number of hydrogen-bond acceptors (Lipinski definition) is 2. The van der Waals surface area contributed by atoms with Crippen LogP contribution >= 0.6 is 0 Å². The van der Waals surface area contributed by atoms with Crippen LogP contribution in [0.4, 0.5) is 0 Å². The third-order valence-electron chi connectivity index (χ3n) is 2.39. The van der Waals surface area contributed by atoms with Crippen LogP contribution in [0.5, 0.6) is 0 Å². The van der Waals surface area contributed by atoms with Crippen LogP contribution in [0, 0.1) is 6.92 Å². The van der Waals surface area contributed by atoms with Crippen LogP contribution in [-0.2, 0) is 18.3 Å². The van der Waals surface area contributed by atoms with Crippen molar-refractivity contribution in [2.45, 2.75) is 13.3 Å². The number of nitrogens with zero attached hydrogens (tertiary/aromatic N) is 1. The van der Waals surface area contributed by atoms with E-state index in [0.29, 0.717) is 12.0 Å². The Hall–Kier alpha value is -1.58. The highest BCUT2D eigenvalue weighted by molar-refractivity contribution is 6.10. The maximum atomic E-state index is 11.4. The zero-order valence-corrected chi connectivity index (χ0v) is 7.55. The Morgan fingerprint density at radius 3 is 2.85 bits per heavy atom. The van der Waals surface area contributed by atoms with Gasteiger partial charge in [-0.1, -0.05) is 0 Å². The molecule has 1 N–H and O–H groups in total. The van der Waals surface area contributed by atoms with E-state index in [2.05, 4.69) is 5.32 Å². The lowest BCUT2D eigenvalue weighted by atomic mass is 10.0. The first kappa shape index (κ1) is 8.04. The van der Waals surface area contributed by atoms with Gasteiger partial charge in [-0.3, -0.25) is 14.9 Å². The molecule has 13 heavy (non-hydrogen) atoms. The number of fused-ring (bicyclic) bond motifs is 1. The van der Waals surface area contributed by atoms with Crippen molar-refractivity contribution in [1.29, 1.82) is 0 Å². The second kappa shape index (κ2) is 2.45. The van der Waals surface area contributed by atoms with E-state index in [1.165, 1.54) is 0 Å². The van der Waals surface area contributed by atoms with E-state index in [9.17, 15) is 9.59 Å². The van der Waals surface area contributed by atoms with E-state index < -0.39 is 0 Å².